The van der Waals surface area contributed by atoms with Gasteiger partial charge in [0.15, 0.2) is 23.1 Å². The largest absolute Gasteiger partial charge is 2.00 e. The molecule has 11 heteroatoms. The average Bonchev–Trinajstić information content (AvgIpc) is 3.18. The molecule has 4 aromatic rings. The molecule has 0 bridgehead atoms. The zero-order chi connectivity index (χ0) is 36.6. The molecule has 0 spiro atoms. The van der Waals surface area contributed by atoms with Gasteiger partial charge < -0.3 is 17.7 Å². The third-order valence-electron chi connectivity index (χ3n) is 8.74. The Morgan fingerprint density at radius 3 is 0.784 bits per heavy atom. The van der Waals surface area contributed by atoms with Crippen molar-refractivity contribution >= 4 is 40.3 Å². The van der Waals surface area contributed by atoms with Gasteiger partial charge in [0.1, 0.15) is 11.1 Å². The molecular formula is C40H48O8PtSi2+2. The number of carbonyl (C=O) groups excluding carboxylic acids is 4. The van der Waals surface area contributed by atoms with Crippen LogP contribution in [0.3, 0.4) is 0 Å². The Hall–Kier alpha value is -3.48. The molecular weight excluding hydrogens is 860 g/mol. The minimum absolute atomic E-state index is 0. The number of benzene rings is 4. The fourth-order valence-electron chi connectivity index (χ4n) is 6.15. The monoisotopic (exact) mass is 907 g/mol. The Balaban J connectivity index is 0.000000347. The first-order valence-corrected chi connectivity index (χ1v) is 21.0. The van der Waals surface area contributed by atoms with Gasteiger partial charge in [0, 0.05) is 50.7 Å². The van der Waals surface area contributed by atoms with Crippen molar-refractivity contribution in [2.24, 2.45) is 0 Å². The SMILES string of the molecule is CCC[Si](OC)(OC)C(C(=O)c1ccccc1)C(=O)c1ccccc1.CCC[Si](OC)(OC)C(C(=O)c1ccccc1)C(=O)c1ccccc1.[Pt+2]. The standard InChI is InChI=1S/2C20H24O4Si.Pt/c2*1-4-15-25(23-2,24-3)20(18(21)16-11-7-5-8-12-16)19(22)17-13-9-6-10-14-17;/h2*5-14,20H,4,15H2,1-3H3;/q;;+2. The van der Waals surface area contributed by atoms with E-state index in [0.717, 1.165) is 12.8 Å². The van der Waals surface area contributed by atoms with E-state index in [1.807, 2.05) is 38.1 Å². The summed E-state index contributed by atoms with van der Waals surface area (Å²) in [5, 5.41) is 0. The third kappa shape index (κ3) is 10.8. The third-order valence-corrected chi connectivity index (χ3v) is 16.7. The van der Waals surface area contributed by atoms with Crippen molar-refractivity contribution in [1.82, 2.24) is 0 Å². The summed E-state index contributed by atoms with van der Waals surface area (Å²) in [5.41, 5.74) is 0.120. The number of rotatable bonds is 18. The number of ketones is 4. The summed E-state index contributed by atoms with van der Waals surface area (Å²) in [6.45, 7) is 3.99. The molecule has 0 aliphatic rings. The molecule has 0 N–H and O–H groups in total. The number of hydrogen-bond acceptors (Lipinski definition) is 8. The Kier molecular flexibility index (Phi) is 18.7. The molecule has 0 atom stereocenters. The molecule has 8 nitrogen and oxygen atoms in total. The summed E-state index contributed by atoms with van der Waals surface area (Å²) in [6, 6.07) is 36.7. The van der Waals surface area contributed by atoms with Crippen molar-refractivity contribution in [3.8, 4) is 0 Å². The van der Waals surface area contributed by atoms with E-state index in [2.05, 4.69) is 0 Å². The molecule has 0 aromatic heterocycles. The van der Waals surface area contributed by atoms with Crippen LogP contribution in [0.5, 0.6) is 0 Å². The van der Waals surface area contributed by atoms with Crippen LogP contribution in [0.1, 0.15) is 68.1 Å². The zero-order valence-electron chi connectivity index (χ0n) is 30.1. The van der Waals surface area contributed by atoms with Crippen LogP contribution in [-0.4, -0.2) is 68.7 Å². The first-order chi connectivity index (χ1) is 24.2. The van der Waals surface area contributed by atoms with E-state index >= 15 is 0 Å². The molecule has 0 radical (unpaired) electrons. The predicted octanol–water partition coefficient (Wildman–Crippen LogP) is 8.53. The summed E-state index contributed by atoms with van der Waals surface area (Å²) >= 11 is 0. The smallest absolute Gasteiger partial charge is 0.397 e. The van der Waals surface area contributed by atoms with E-state index in [1.54, 1.807) is 97.1 Å². The molecule has 0 unspecified atom stereocenters. The van der Waals surface area contributed by atoms with Gasteiger partial charge in [-0.05, 0) is 12.1 Å². The maximum absolute atomic E-state index is 13.3. The average molecular weight is 908 g/mol. The van der Waals surface area contributed by atoms with Gasteiger partial charge in [-0.1, -0.05) is 148 Å². The molecule has 272 valence electrons. The fraction of sp³-hybridized carbons (Fsp3) is 0.300. The van der Waals surface area contributed by atoms with Crippen molar-refractivity contribution in [1.29, 1.82) is 0 Å². The second-order valence-corrected chi connectivity index (χ2v) is 18.8. The summed E-state index contributed by atoms with van der Waals surface area (Å²) in [6.07, 6.45) is 1.54. The normalized spacial score (nSPS) is 11.3. The van der Waals surface area contributed by atoms with Crippen LogP contribution in [0.4, 0.5) is 0 Å². The van der Waals surface area contributed by atoms with Gasteiger partial charge in [0.2, 0.25) is 0 Å². The second-order valence-electron chi connectivity index (χ2n) is 11.7. The Labute approximate surface area is 318 Å². The van der Waals surface area contributed by atoms with Gasteiger partial charge in [0.25, 0.3) is 0 Å². The van der Waals surface area contributed by atoms with Crippen LogP contribution in [0.2, 0.25) is 23.2 Å². The molecule has 0 amide bonds. The molecule has 0 aliphatic carbocycles. The van der Waals surface area contributed by atoms with Crippen LogP contribution < -0.4 is 0 Å². The molecule has 0 fully saturated rings. The Morgan fingerprint density at radius 1 is 0.431 bits per heavy atom. The van der Waals surface area contributed by atoms with Crippen LogP contribution in [0.15, 0.2) is 121 Å². The minimum Gasteiger partial charge on any atom is -0.397 e. The van der Waals surface area contributed by atoms with Crippen LogP contribution in [-0.2, 0) is 38.8 Å². The fourth-order valence-corrected chi connectivity index (χ4v) is 12.5. The first-order valence-electron chi connectivity index (χ1n) is 16.8. The predicted molar refractivity (Wildman–Crippen MR) is 200 cm³/mol. The molecule has 0 aliphatic heterocycles. The summed E-state index contributed by atoms with van der Waals surface area (Å²) < 4.78 is 23.0. The van der Waals surface area contributed by atoms with E-state index in [9.17, 15) is 19.2 Å². The molecule has 4 rings (SSSR count). The minimum atomic E-state index is -3.06. The van der Waals surface area contributed by atoms with Crippen LogP contribution in [0, 0.1) is 0 Å². The second kappa shape index (κ2) is 21.8. The topological polar surface area (TPSA) is 105 Å². The summed E-state index contributed by atoms with van der Waals surface area (Å²) in [5.74, 6) is -0.951. The van der Waals surface area contributed by atoms with Gasteiger partial charge in [0.05, 0.1) is 0 Å². The molecule has 0 heterocycles. The maximum Gasteiger partial charge on any atom is 2.00 e. The van der Waals surface area contributed by atoms with Gasteiger partial charge >= 0.3 is 38.2 Å². The van der Waals surface area contributed by atoms with Gasteiger partial charge in [-0.2, -0.15) is 0 Å². The number of Topliss-reactive ketones (excluding diaryl/α,β-unsaturated/α-hetero) is 4. The number of hydrogen-bond donors (Lipinski definition) is 0. The molecule has 0 saturated carbocycles. The van der Waals surface area contributed by atoms with Gasteiger partial charge in [-0.15, -0.1) is 0 Å². The van der Waals surface area contributed by atoms with Gasteiger partial charge in [-0.3, -0.25) is 19.2 Å². The zero-order valence-corrected chi connectivity index (χ0v) is 34.4. The number of carbonyl (C=O) groups is 4. The Morgan fingerprint density at radius 2 is 0.627 bits per heavy atom. The molecule has 0 saturated heterocycles. The van der Waals surface area contributed by atoms with Crippen LogP contribution >= 0.6 is 0 Å². The van der Waals surface area contributed by atoms with E-state index in [4.69, 9.17) is 17.7 Å². The van der Waals surface area contributed by atoms with Gasteiger partial charge in [-0.25, -0.2) is 0 Å². The molecule has 51 heavy (non-hydrogen) atoms. The quantitative estimate of drug-likeness (QED) is 0.0557. The van der Waals surface area contributed by atoms with Crippen molar-refractivity contribution < 1.29 is 57.9 Å². The Bertz CT molecular complexity index is 1420. The van der Waals surface area contributed by atoms with Crippen molar-refractivity contribution in [3.05, 3.63) is 144 Å². The van der Waals surface area contributed by atoms with Crippen LogP contribution in [0.25, 0.3) is 0 Å². The van der Waals surface area contributed by atoms with Crippen molar-refractivity contribution in [2.45, 2.75) is 49.9 Å². The van der Waals surface area contributed by atoms with Crippen molar-refractivity contribution in [2.75, 3.05) is 28.4 Å². The van der Waals surface area contributed by atoms with E-state index < -0.39 is 28.2 Å². The van der Waals surface area contributed by atoms with E-state index in [1.165, 1.54) is 28.4 Å². The van der Waals surface area contributed by atoms with Crippen molar-refractivity contribution in [3.63, 3.8) is 0 Å². The maximum atomic E-state index is 13.3. The molecule has 4 aromatic carbocycles. The summed E-state index contributed by atoms with van der Waals surface area (Å²) in [4.78, 5) is 53.0. The first kappa shape index (κ1) is 43.7. The summed E-state index contributed by atoms with van der Waals surface area (Å²) in [7, 11) is 0.0192. The van der Waals surface area contributed by atoms with E-state index in [-0.39, 0.29) is 44.2 Å². The van der Waals surface area contributed by atoms with E-state index in [0.29, 0.717) is 34.3 Å².